The van der Waals surface area contributed by atoms with E-state index in [1.165, 1.54) is 11.8 Å². The topological polar surface area (TPSA) is 85.1 Å². The quantitative estimate of drug-likeness (QED) is 0.738. The molecule has 1 N–H and O–H groups in total. The van der Waals surface area contributed by atoms with Crippen LogP contribution >= 0.6 is 11.8 Å². The number of fused-ring (bicyclic) bond motifs is 1. The number of pyridine rings is 1. The third-order valence-corrected chi connectivity index (χ3v) is 4.05. The van der Waals surface area contributed by atoms with E-state index >= 15 is 0 Å². The van der Waals surface area contributed by atoms with Crippen LogP contribution in [0.5, 0.6) is 0 Å². The van der Waals surface area contributed by atoms with E-state index in [1.54, 1.807) is 29.0 Å². The zero-order valence-corrected chi connectivity index (χ0v) is 13.9. The Bertz CT molecular complexity index is 861. The minimum atomic E-state index is -0.103. The lowest BCUT2D eigenvalue weighted by molar-refractivity contribution is -0.115. The van der Waals surface area contributed by atoms with E-state index in [9.17, 15) is 4.79 Å². The molecule has 23 heavy (non-hydrogen) atoms. The van der Waals surface area contributed by atoms with Gasteiger partial charge in [0.2, 0.25) is 11.1 Å². The summed E-state index contributed by atoms with van der Waals surface area (Å²) in [6.07, 6.45) is 5.43. The standard InChI is InChI=1S/C15H16N6OS/c1-9-12(8-13(22)18-11-4-6-16-7-5-11)10(2)21-14(17-9)19-15(20-21)23-3/h4-7H,8H2,1-3H3,(H,16,18,22). The Morgan fingerprint density at radius 2 is 2.00 bits per heavy atom. The molecule has 0 aliphatic heterocycles. The molecule has 0 aliphatic rings. The second-order valence-corrected chi connectivity index (χ2v) is 5.81. The Hall–Kier alpha value is -2.48. The van der Waals surface area contributed by atoms with Gasteiger partial charge in [-0.25, -0.2) is 9.50 Å². The fraction of sp³-hybridized carbons (Fsp3) is 0.267. The molecular formula is C15H16N6OS. The van der Waals surface area contributed by atoms with Crippen LogP contribution in [0.4, 0.5) is 5.69 Å². The van der Waals surface area contributed by atoms with Gasteiger partial charge in [0.1, 0.15) is 0 Å². The number of aromatic nitrogens is 5. The highest BCUT2D eigenvalue weighted by molar-refractivity contribution is 7.98. The molecule has 3 rings (SSSR count). The third kappa shape index (κ3) is 3.16. The van der Waals surface area contributed by atoms with Crippen molar-refractivity contribution < 1.29 is 4.79 Å². The normalized spacial score (nSPS) is 10.9. The third-order valence-electron chi connectivity index (χ3n) is 3.51. The first-order valence-corrected chi connectivity index (χ1v) is 8.27. The van der Waals surface area contributed by atoms with Gasteiger partial charge in [-0.05, 0) is 32.2 Å². The van der Waals surface area contributed by atoms with Crippen LogP contribution < -0.4 is 5.32 Å². The highest BCUT2D eigenvalue weighted by atomic mass is 32.2. The molecule has 0 radical (unpaired) electrons. The summed E-state index contributed by atoms with van der Waals surface area (Å²) in [7, 11) is 0. The number of nitrogens with one attached hydrogen (secondary N) is 1. The summed E-state index contributed by atoms with van der Waals surface area (Å²) in [5.74, 6) is 0.455. The number of hydrogen-bond acceptors (Lipinski definition) is 6. The summed E-state index contributed by atoms with van der Waals surface area (Å²) in [4.78, 5) is 25.0. The van der Waals surface area contributed by atoms with E-state index in [4.69, 9.17) is 0 Å². The van der Waals surface area contributed by atoms with Crippen LogP contribution in [0.15, 0.2) is 29.7 Å². The van der Waals surface area contributed by atoms with Crippen molar-refractivity contribution in [3.8, 4) is 0 Å². The molecule has 3 aromatic heterocycles. The summed E-state index contributed by atoms with van der Waals surface area (Å²) < 4.78 is 1.69. The van der Waals surface area contributed by atoms with Gasteiger partial charge in [0.05, 0.1) is 6.42 Å². The molecule has 3 heterocycles. The molecule has 0 spiro atoms. The Kier molecular flexibility index (Phi) is 4.24. The SMILES string of the molecule is CSc1nc2nc(C)c(CC(=O)Nc3ccncc3)c(C)n2n1. The van der Waals surface area contributed by atoms with Gasteiger partial charge in [-0.1, -0.05) is 11.8 Å². The molecule has 8 heteroatoms. The van der Waals surface area contributed by atoms with E-state index in [-0.39, 0.29) is 12.3 Å². The average molecular weight is 328 g/mol. The van der Waals surface area contributed by atoms with Crippen LogP contribution in [0, 0.1) is 13.8 Å². The molecule has 0 aromatic carbocycles. The molecule has 7 nitrogen and oxygen atoms in total. The van der Waals surface area contributed by atoms with Crippen molar-refractivity contribution in [1.29, 1.82) is 0 Å². The summed E-state index contributed by atoms with van der Waals surface area (Å²) in [5.41, 5.74) is 3.26. The van der Waals surface area contributed by atoms with Gasteiger partial charge in [-0.3, -0.25) is 9.78 Å². The van der Waals surface area contributed by atoms with Crippen molar-refractivity contribution in [3.63, 3.8) is 0 Å². The number of carbonyl (C=O) groups excluding carboxylic acids is 1. The molecule has 0 bridgehead atoms. The van der Waals surface area contributed by atoms with Crippen molar-refractivity contribution in [2.75, 3.05) is 11.6 Å². The maximum Gasteiger partial charge on any atom is 0.253 e. The number of hydrogen-bond donors (Lipinski definition) is 1. The van der Waals surface area contributed by atoms with Gasteiger partial charge in [0, 0.05) is 35.0 Å². The fourth-order valence-corrected chi connectivity index (χ4v) is 2.67. The number of amides is 1. The van der Waals surface area contributed by atoms with Crippen molar-refractivity contribution in [3.05, 3.63) is 41.5 Å². The van der Waals surface area contributed by atoms with E-state index in [0.29, 0.717) is 10.9 Å². The van der Waals surface area contributed by atoms with E-state index < -0.39 is 0 Å². The molecule has 0 atom stereocenters. The zero-order valence-electron chi connectivity index (χ0n) is 13.1. The Balaban J connectivity index is 1.88. The minimum Gasteiger partial charge on any atom is -0.326 e. The first kappa shape index (κ1) is 15.4. The van der Waals surface area contributed by atoms with Crippen LogP contribution in [0.25, 0.3) is 5.78 Å². The maximum atomic E-state index is 12.3. The minimum absolute atomic E-state index is 0.103. The largest absolute Gasteiger partial charge is 0.326 e. The van der Waals surface area contributed by atoms with Crippen molar-refractivity contribution in [1.82, 2.24) is 24.6 Å². The van der Waals surface area contributed by atoms with Crippen LogP contribution in [0.2, 0.25) is 0 Å². The second-order valence-electron chi connectivity index (χ2n) is 5.03. The van der Waals surface area contributed by atoms with Crippen LogP contribution in [-0.2, 0) is 11.2 Å². The lowest BCUT2D eigenvalue weighted by Crippen LogP contribution is -2.17. The first-order chi connectivity index (χ1) is 11.1. The van der Waals surface area contributed by atoms with Crippen LogP contribution in [-0.4, -0.2) is 36.7 Å². The smallest absolute Gasteiger partial charge is 0.253 e. The molecule has 0 unspecified atom stereocenters. The molecule has 118 valence electrons. The molecular weight excluding hydrogens is 312 g/mol. The number of nitrogens with zero attached hydrogens (tertiary/aromatic N) is 5. The highest BCUT2D eigenvalue weighted by Gasteiger charge is 2.16. The maximum absolute atomic E-state index is 12.3. The average Bonchev–Trinajstić information content (AvgIpc) is 2.95. The number of carbonyl (C=O) groups is 1. The Morgan fingerprint density at radius 1 is 1.26 bits per heavy atom. The molecule has 3 aromatic rings. The summed E-state index contributed by atoms with van der Waals surface area (Å²) in [6, 6.07) is 3.50. The predicted molar refractivity (Wildman–Crippen MR) is 88.6 cm³/mol. The van der Waals surface area contributed by atoms with Gasteiger partial charge < -0.3 is 5.32 Å². The molecule has 1 amide bonds. The van der Waals surface area contributed by atoms with Crippen LogP contribution in [0.3, 0.4) is 0 Å². The van der Waals surface area contributed by atoms with Gasteiger partial charge in [0.15, 0.2) is 0 Å². The van der Waals surface area contributed by atoms with Gasteiger partial charge in [-0.15, -0.1) is 5.10 Å². The summed E-state index contributed by atoms with van der Waals surface area (Å²) >= 11 is 1.46. The summed E-state index contributed by atoms with van der Waals surface area (Å²) in [5, 5.41) is 7.91. The predicted octanol–water partition coefficient (Wildman–Crippen LogP) is 2.04. The van der Waals surface area contributed by atoms with E-state index in [2.05, 4.69) is 25.4 Å². The fourth-order valence-electron chi connectivity index (χ4n) is 2.33. The monoisotopic (exact) mass is 328 g/mol. The first-order valence-electron chi connectivity index (χ1n) is 7.05. The number of thioether (sulfide) groups is 1. The Labute approximate surface area is 137 Å². The number of aryl methyl sites for hydroxylation is 2. The van der Waals surface area contributed by atoms with Crippen molar-refractivity contribution in [2.45, 2.75) is 25.4 Å². The highest BCUT2D eigenvalue weighted by Crippen LogP contribution is 2.17. The van der Waals surface area contributed by atoms with E-state index in [0.717, 1.165) is 22.6 Å². The van der Waals surface area contributed by atoms with Crippen LogP contribution in [0.1, 0.15) is 17.0 Å². The van der Waals surface area contributed by atoms with Gasteiger partial charge >= 0.3 is 0 Å². The molecule has 0 fully saturated rings. The Morgan fingerprint density at radius 3 is 2.70 bits per heavy atom. The molecule has 0 aliphatic carbocycles. The van der Waals surface area contributed by atoms with E-state index in [1.807, 2.05) is 20.1 Å². The molecule has 0 saturated heterocycles. The lowest BCUT2D eigenvalue weighted by Gasteiger charge is -2.10. The number of anilines is 1. The van der Waals surface area contributed by atoms with Gasteiger partial charge in [-0.2, -0.15) is 4.98 Å². The molecule has 0 saturated carbocycles. The van der Waals surface area contributed by atoms with Crippen molar-refractivity contribution in [2.24, 2.45) is 0 Å². The van der Waals surface area contributed by atoms with Crippen molar-refractivity contribution >= 4 is 29.1 Å². The van der Waals surface area contributed by atoms with Gasteiger partial charge in [0.25, 0.3) is 5.78 Å². The lowest BCUT2D eigenvalue weighted by atomic mass is 10.1. The number of rotatable bonds is 4. The second kappa shape index (κ2) is 6.33. The summed E-state index contributed by atoms with van der Waals surface area (Å²) in [6.45, 7) is 3.81. The zero-order chi connectivity index (χ0) is 16.4.